The van der Waals surface area contributed by atoms with Crippen molar-refractivity contribution < 1.29 is 9.53 Å². The second-order valence-electron chi connectivity index (χ2n) is 5.10. The van der Waals surface area contributed by atoms with E-state index in [-0.39, 0.29) is 12.0 Å². The number of amides is 1. The van der Waals surface area contributed by atoms with Gasteiger partial charge < -0.3 is 15.4 Å². The van der Waals surface area contributed by atoms with Gasteiger partial charge in [0.1, 0.15) is 5.75 Å². The molecule has 0 aliphatic rings. The highest BCUT2D eigenvalue weighted by Crippen LogP contribution is 2.19. The van der Waals surface area contributed by atoms with Crippen LogP contribution in [0.1, 0.15) is 40.5 Å². The second kappa shape index (κ2) is 8.59. The second-order valence-corrected chi connectivity index (χ2v) is 5.10. The van der Waals surface area contributed by atoms with E-state index in [9.17, 15) is 4.79 Å². The van der Waals surface area contributed by atoms with Gasteiger partial charge in [-0.25, -0.2) is 0 Å². The lowest BCUT2D eigenvalue weighted by atomic mass is 10.2. The van der Waals surface area contributed by atoms with E-state index >= 15 is 0 Å². The Morgan fingerprint density at radius 3 is 2.65 bits per heavy atom. The molecular formula is C16H26N2O2. The maximum absolute atomic E-state index is 11.8. The maximum Gasteiger partial charge on any atom is 0.238 e. The molecule has 0 saturated carbocycles. The first kappa shape index (κ1) is 16.5. The van der Waals surface area contributed by atoms with E-state index in [0.29, 0.717) is 12.6 Å². The number of carbonyl (C=O) groups excluding carboxylic acids is 1. The standard InChI is InChI=1S/C16H26N2O2/c1-5-12(3)17-11-16(19)18-14-8-7-9-15(10-14)20-13(4)6-2/h7-10,12-13,17H,5-6,11H2,1-4H3,(H,18,19). The maximum atomic E-state index is 11.8. The van der Waals surface area contributed by atoms with Crippen LogP contribution in [-0.2, 0) is 4.79 Å². The van der Waals surface area contributed by atoms with E-state index in [0.717, 1.165) is 24.3 Å². The number of hydrogen-bond acceptors (Lipinski definition) is 3. The van der Waals surface area contributed by atoms with Gasteiger partial charge in [-0.1, -0.05) is 19.9 Å². The highest BCUT2D eigenvalue weighted by atomic mass is 16.5. The van der Waals surface area contributed by atoms with Crippen molar-refractivity contribution in [3.8, 4) is 5.75 Å². The fraction of sp³-hybridized carbons (Fsp3) is 0.562. The molecule has 2 unspecified atom stereocenters. The van der Waals surface area contributed by atoms with Crippen LogP contribution in [0.4, 0.5) is 5.69 Å². The van der Waals surface area contributed by atoms with Crippen LogP contribution in [-0.4, -0.2) is 24.6 Å². The lowest BCUT2D eigenvalue weighted by Crippen LogP contribution is -2.33. The summed E-state index contributed by atoms with van der Waals surface area (Å²) in [5.74, 6) is 0.748. The van der Waals surface area contributed by atoms with E-state index in [1.54, 1.807) is 0 Å². The van der Waals surface area contributed by atoms with Gasteiger partial charge in [0.05, 0.1) is 12.6 Å². The topological polar surface area (TPSA) is 50.4 Å². The van der Waals surface area contributed by atoms with Crippen molar-refractivity contribution in [2.45, 2.75) is 52.7 Å². The molecular weight excluding hydrogens is 252 g/mol. The molecule has 20 heavy (non-hydrogen) atoms. The molecule has 0 heterocycles. The number of benzene rings is 1. The normalized spacial score (nSPS) is 13.6. The number of nitrogens with one attached hydrogen (secondary N) is 2. The zero-order valence-electron chi connectivity index (χ0n) is 12.9. The Kier molecular flexibility index (Phi) is 7.09. The van der Waals surface area contributed by atoms with Crippen molar-refractivity contribution in [2.24, 2.45) is 0 Å². The van der Waals surface area contributed by atoms with E-state index in [1.807, 2.05) is 31.2 Å². The van der Waals surface area contributed by atoms with Gasteiger partial charge in [0.2, 0.25) is 5.91 Å². The molecule has 0 aliphatic carbocycles. The van der Waals surface area contributed by atoms with Crippen LogP contribution in [0.2, 0.25) is 0 Å². The van der Waals surface area contributed by atoms with Gasteiger partial charge in [0.25, 0.3) is 0 Å². The Labute approximate surface area is 121 Å². The Morgan fingerprint density at radius 1 is 1.25 bits per heavy atom. The van der Waals surface area contributed by atoms with E-state index < -0.39 is 0 Å². The minimum Gasteiger partial charge on any atom is -0.491 e. The summed E-state index contributed by atoms with van der Waals surface area (Å²) >= 11 is 0. The molecule has 1 aromatic carbocycles. The van der Waals surface area contributed by atoms with Crippen molar-refractivity contribution in [1.29, 1.82) is 0 Å². The first-order valence-corrected chi connectivity index (χ1v) is 7.35. The smallest absolute Gasteiger partial charge is 0.238 e. The van der Waals surface area contributed by atoms with E-state index in [2.05, 4.69) is 31.4 Å². The molecule has 0 fully saturated rings. The van der Waals surface area contributed by atoms with Gasteiger partial charge in [-0.15, -0.1) is 0 Å². The largest absolute Gasteiger partial charge is 0.491 e. The fourth-order valence-electron chi connectivity index (χ4n) is 1.58. The van der Waals surface area contributed by atoms with Crippen LogP contribution in [0, 0.1) is 0 Å². The van der Waals surface area contributed by atoms with E-state index in [4.69, 9.17) is 4.74 Å². The summed E-state index contributed by atoms with van der Waals surface area (Å²) in [5.41, 5.74) is 0.766. The third kappa shape index (κ3) is 6.06. The third-order valence-corrected chi connectivity index (χ3v) is 3.25. The molecule has 0 bridgehead atoms. The average molecular weight is 278 g/mol. The first-order chi connectivity index (χ1) is 9.55. The molecule has 4 heteroatoms. The van der Waals surface area contributed by atoms with Crippen molar-refractivity contribution in [1.82, 2.24) is 5.32 Å². The van der Waals surface area contributed by atoms with Gasteiger partial charge >= 0.3 is 0 Å². The lowest BCUT2D eigenvalue weighted by molar-refractivity contribution is -0.115. The third-order valence-electron chi connectivity index (χ3n) is 3.25. The minimum atomic E-state index is -0.0361. The quantitative estimate of drug-likeness (QED) is 0.768. The summed E-state index contributed by atoms with van der Waals surface area (Å²) in [6.45, 7) is 8.59. The van der Waals surface area contributed by atoms with Crippen molar-refractivity contribution in [2.75, 3.05) is 11.9 Å². The van der Waals surface area contributed by atoms with Gasteiger partial charge in [-0.05, 0) is 38.8 Å². The van der Waals surface area contributed by atoms with Crippen LogP contribution < -0.4 is 15.4 Å². The molecule has 1 rings (SSSR count). The Bertz CT molecular complexity index is 421. The summed E-state index contributed by atoms with van der Waals surface area (Å²) in [4.78, 5) is 11.8. The van der Waals surface area contributed by atoms with Crippen LogP contribution in [0.25, 0.3) is 0 Å². The summed E-state index contributed by atoms with van der Waals surface area (Å²) in [6, 6.07) is 7.85. The molecule has 0 saturated heterocycles. The molecule has 4 nitrogen and oxygen atoms in total. The van der Waals surface area contributed by atoms with Crippen LogP contribution >= 0.6 is 0 Å². The average Bonchev–Trinajstić information content (AvgIpc) is 2.44. The number of carbonyl (C=O) groups is 1. The van der Waals surface area contributed by atoms with Crippen LogP contribution in [0.15, 0.2) is 24.3 Å². The highest BCUT2D eigenvalue weighted by Gasteiger charge is 2.06. The van der Waals surface area contributed by atoms with Gasteiger partial charge in [0, 0.05) is 17.8 Å². The Hall–Kier alpha value is -1.55. The summed E-state index contributed by atoms with van der Waals surface area (Å²) in [6.07, 6.45) is 2.13. The zero-order chi connectivity index (χ0) is 15.0. The number of hydrogen-bond donors (Lipinski definition) is 2. The molecule has 0 radical (unpaired) electrons. The molecule has 0 aliphatic heterocycles. The van der Waals surface area contributed by atoms with Crippen molar-refractivity contribution in [3.05, 3.63) is 24.3 Å². The summed E-state index contributed by atoms with van der Waals surface area (Å²) in [5, 5.41) is 6.04. The number of rotatable bonds is 8. The summed E-state index contributed by atoms with van der Waals surface area (Å²) in [7, 11) is 0. The predicted molar refractivity (Wildman–Crippen MR) is 83.2 cm³/mol. The summed E-state index contributed by atoms with van der Waals surface area (Å²) < 4.78 is 5.73. The molecule has 1 aromatic rings. The number of ether oxygens (including phenoxy) is 1. The fourth-order valence-corrected chi connectivity index (χ4v) is 1.58. The minimum absolute atomic E-state index is 0.0361. The zero-order valence-corrected chi connectivity index (χ0v) is 12.9. The first-order valence-electron chi connectivity index (χ1n) is 7.35. The molecule has 2 N–H and O–H groups in total. The molecule has 0 aromatic heterocycles. The predicted octanol–water partition coefficient (Wildman–Crippen LogP) is 3.19. The lowest BCUT2D eigenvalue weighted by Gasteiger charge is -2.14. The monoisotopic (exact) mass is 278 g/mol. The SMILES string of the molecule is CCC(C)NCC(=O)Nc1cccc(OC(C)CC)c1. The Morgan fingerprint density at radius 2 is 2.00 bits per heavy atom. The van der Waals surface area contributed by atoms with Crippen molar-refractivity contribution in [3.63, 3.8) is 0 Å². The van der Waals surface area contributed by atoms with Gasteiger partial charge in [0.15, 0.2) is 0 Å². The Balaban J connectivity index is 2.51. The van der Waals surface area contributed by atoms with Gasteiger partial charge in [-0.2, -0.15) is 0 Å². The van der Waals surface area contributed by atoms with Crippen LogP contribution in [0.5, 0.6) is 5.75 Å². The molecule has 1 amide bonds. The molecule has 0 spiro atoms. The highest BCUT2D eigenvalue weighted by molar-refractivity contribution is 5.92. The molecule has 112 valence electrons. The molecule has 2 atom stereocenters. The number of anilines is 1. The van der Waals surface area contributed by atoms with Gasteiger partial charge in [-0.3, -0.25) is 4.79 Å². The van der Waals surface area contributed by atoms with Crippen molar-refractivity contribution >= 4 is 11.6 Å². The van der Waals surface area contributed by atoms with E-state index in [1.165, 1.54) is 0 Å². The van der Waals surface area contributed by atoms with Crippen LogP contribution in [0.3, 0.4) is 0 Å².